The van der Waals surface area contributed by atoms with Gasteiger partial charge in [0.1, 0.15) is 6.10 Å². The van der Waals surface area contributed by atoms with Crippen LogP contribution >= 0.6 is 0 Å². The van der Waals surface area contributed by atoms with E-state index in [9.17, 15) is 20.1 Å². The summed E-state index contributed by atoms with van der Waals surface area (Å²) in [6.07, 6.45) is 46.0. The molecular formula is C44H87NO4. The lowest BCUT2D eigenvalue weighted by atomic mass is 9.99. The number of nitrogens with one attached hydrogen (secondary N) is 1. The molecule has 3 atom stereocenters. The Balaban J connectivity index is 3.62. The van der Waals surface area contributed by atoms with Crippen molar-refractivity contribution in [2.45, 2.75) is 257 Å². The second-order valence-electron chi connectivity index (χ2n) is 15.3. The second kappa shape index (κ2) is 39.9. The predicted octanol–water partition coefficient (Wildman–Crippen LogP) is 12.4. The van der Waals surface area contributed by atoms with Gasteiger partial charge in [0.05, 0.1) is 18.8 Å². The molecule has 0 saturated carbocycles. The lowest BCUT2D eigenvalue weighted by Crippen LogP contribution is -2.50. The Morgan fingerprint density at radius 3 is 1.18 bits per heavy atom. The van der Waals surface area contributed by atoms with Gasteiger partial charge in [-0.1, -0.05) is 206 Å². The van der Waals surface area contributed by atoms with Gasteiger partial charge in [-0.3, -0.25) is 4.79 Å². The molecule has 292 valence electrons. The van der Waals surface area contributed by atoms with E-state index >= 15 is 0 Å². The van der Waals surface area contributed by atoms with E-state index in [-0.39, 0.29) is 12.5 Å². The van der Waals surface area contributed by atoms with Crippen molar-refractivity contribution in [2.24, 2.45) is 0 Å². The Labute approximate surface area is 306 Å². The van der Waals surface area contributed by atoms with Gasteiger partial charge in [0.2, 0.25) is 5.91 Å². The minimum atomic E-state index is -1.13. The van der Waals surface area contributed by atoms with E-state index in [0.717, 1.165) is 38.5 Å². The van der Waals surface area contributed by atoms with E-state index in [1.807, 2.05) is 0 Å². The van der Waals surface area contributed by atoms with E-state index in [4.69, 9.17) is 0 Å². The average molecular weight is 694 g/mol. The van der Waals surface area contributed by atoms with Crippen LogP contribution in [0.15, 0.2) is 12.2 Å². The molecule has 5 nitrogen and oxygen atoms in total. The SMILES string of the molecule is CCCCCCCC/C=C\CCCCCCCCCC(=O)NC(CO)C(O)C(O)CCCCCCCCCCCCCCCCCCCC. The number of carbonyl (C=O) groups excluding carboxylic acids is 1. The van der Waals surface area contributed by atoms with Gasteiger partial charge in [-0.05, 0) is 38.5 Å². The van der Waals surface area contributed by atoms with Gasteiger partial charge in [-0.2, -0.15) is 0 Å². The van der Waals surface area contributed by atoms with E-state index < -0.39 is 18.2 Å². The van der Waals surface area contributed by atoms with Gasteiger partial charge in [0.15, 0.2) is 0 Å². The molecule has 0 aromatic rings. The first-order valence-electron chi connectivity index (χ1n) is 22.0. The van der Waals surface area contributed by atoms with E-state index in [0.29, 0.717) is 12.8 Å². The first-order chi connectivity index (χ1) is 24.1. The number of amides is 1. The Kier molecular flexibility index (Phi) is 39.1. The number of unbranched alkanes of at least 4 members (excludes halogenated alkanes) is 30. The van der Waals surface area contributed by atoms with Crippen LogP contribution in [0.2, 0.25) is 0 Å². The van der Waals surface area contributed by atoms with Gasteiger partial charge < -0.3 is 20.6 Å². The largest absolute Gasteiger partial charge is 0.394 e. The zero-order valence-corrected chi connectivity index (χ0v) is 33.1. The minimum Gasteiger partial charge on any atom is -0.394 e. The standard InChI is InChI=1S/C44H87NO4/c1-3-5-7-9-11-13-15-17-19-21-23-24-26-28-30-32-34-36-38-42(47)44(49)41(40-46)45-43(48)39-37-35-33-31-29-27-25-22-20-18-16-14-12-10-8-6-4-2/h18,20,41-42,44,46-47,49H,3-17,19,21-40H2,1-2H3,(H,45,48)/b20-18-. The molecule has 0 spiro atoms. The van der Waals surface area contributed by atoms with Gasteiger partial charge in [-0.25, -0.2) is 0 Å². The lowest BCUT2D eigenvalue weighted by Gasteiger charge is -2.26. The Morgan fingerprint density at radius 2 is 0.816 bits per heavy atom. The van der Waals surface area contributed by atoms with E-state index in [2.05, 4.69) is 31.3 Å². The van der Waals surface area contributed by atoms with Gasteiger partial charge in [-0.15, -0.1) is 0 Å². The summed E-state index contributed by atoms with van der Waals surface area (Å²) in [5.41, 5.74) is 0. The topological polar surface area (TPSA) is 89.8 Å². The number of hydrogen-bond donors (Lipinski definition) is 4. The smallest absolute Gasteiger partial charge is 0.220 e. The maximum atomic E-state index is 12.4. The normalized spacial score (nSPS) is 13.7. The summed E-state index contributed by atoms with van der Waals surface area (Å²) < 4.78 is 0. The highest BCUT2D eigenvalue weighted by atomic mass is 16.3. The van der Waals surface area contributed by atoms with Gasteiger partial charge in [0, 0.05) is 6.42 Å². The van der Waals surface area contributed by atoms with E-state index in [1.54, 1.807) is 0 Å². The van der Waals surface area contributed by atoms with E-state index in [1.165, 1.54) is 173 Å². The average Bonchev–Trinajstić information content (AvgIpc) is 3.10. The molecule has 0 aliphatic heterocycles. The highest BCUT2D eigenvalue weighted by Gasteiger charge is 2.26. The van der Waals surface area contributed by atoms with Gasteiger partial charge >= 0.3 is 0 Å². The Bertz CT molecular complexity index is 684. The summed E-state index contributed by atoms with van der Waals surface area (Å²) in [7, 11) is 0. The maximum Gasteiger partial charge on any atom is 0.220 e. The van der Waals surface area contributed by atoms with Crippen LogP contribution in [0.3, 0.4) is 0 Å². The molecule has 0 aliphatic rings. The minimum absolute atomic E-state index is 0.147. The first-order valence-corrected chi connectivity index (χ1v) is 22.0. The van der Waals surface area contributed by atoms with Crippen molar-refractivity contribution in [2.75, 3.05) is 6.61 Å². The molecule has 49 heavy (non-hydrogen) atoms. The summed E-state index contributed by atoms with van der Waals surface area (Å²) in [4.78, 5) is 12.4. The van der Waals surface area contributed by atoms with Crippen molar-refractivity contribution < 1.29 is 20.1 Å². The number of carbonyl (C=O) groups is 1. The van der Waals surface area contributed by atoms with Crippen LogP contribution in [0.4, 0.5) is 0 Å². The van der Waals surface area contributed by atoms with Crippen molar-refractivity contribution in [1.82, 2.24) is 5.32 Å². The zero-order valence-electron chi connectivity index (χ0n) is 33.1. The highest BCUT2D eigenvalue weighted by molar-refractivity contribution is 5.76. The first kappa shape index (κ1) is 48.1. The van der Waals surface area contributed by atoms with Crippen LogP contribution < -0.4 is 5.32 Å². The fourth-order valence-electron chi connectivity index (χ4n) is 6.92. The van der Waals surface area contributed by atoms with Crippen molar-refractivity contribution in [3.05, 3.63) is 12.2 Å². The van der Waals surface area contributed by atoms with Crippen molar-refractivity contribution >= 4 is 5.91 Å². The van der Waals surface area contributed by atoms with Crippen LogP contribution in [0.25, 0.3) is 0 Å². The van der Waals surface area contributed by atoms with Gasteiger partial charge in [0.25, 0.3) is 0 Å². The molecule has 5 heteroatoms. The predicted molar refractivity (Wildman–Crippen MR) is 213 cm³/mol. The molecule has 0 aliphatic carbocycles. The Hall–Kier alpha value is -0.910. The summed E-state index contributed by atoms with van der Waals surface area (Å²) in [6.45, 7) is 4.18. The van der Waals surface area contributed by atoms with Crippen LogP contribution in [0, 0.1) is 0 Å². The molecule has 0 radical (unpaired) electrons. The molecule has 0 heterocycles. The van der Waals surface area contributed by atoms with Crippen LogP contribution in [0.5, 0.6) is 0 Å². The monoisotopic (exact) mass is 694 g/mol. The molecule has 0 aromatic heterocycles. The van der Waals surface area contributed by atoms with Crippen LogP contribution in [0.1, 0.15) is 239 Å². The number of allylic oxidation sites excluding steroid dienone is 2. The number of aliphatic hydroxyl groups is 3. The molecular weight excluding hydrogens is 606 g/mol. The third kappa shape index (κ3) is 35.3. The quantitative estimate of drug-likeness (QED) is 0.0380. The fourth-order valence-corrected chi connectivity index (χ4v) is 6.92. The second-order valence-corrected chi connectivity index (χ2v) is 15.3. The third-order valence-corrected chi connectivity index (χ3v) is 10.4. The molecule has 1 amide bonds. The van der Waals surface area contributed by atoms with Crippen molar-refractivity contribution in [3.63, 3.8) is 0 Å². The number of hydrogen-bond acceptors (Lipinski definition) is 4. The summed E-state index contributed by atoms with van der Waals surface area (Å²) >= 11 is 0. The molecule has 0 aromatic carbocycles. The fraction of sp³-hybridized carbons (Fsp3) is 0.932. The lowest BCUT2D eigenvalue weighted by molar-refractivity contribution is -0.124. The highest BCUT2D eigenvalue weighted by Crippen LogP contribution is 2.16. The molecule has 4 N–H and O–H groups in total. The molecule has 0 rings (SSSR count). The third-order valence-electron chi connectivity index (χ3n) is 10.4. The van der Waals surface area contributed by atoms with Crippen molar-refractivity contribution in [1.29, 1.82) is 0 Å². The summed E-state index contributed by atoms with van der Waals surface area (Å²) in [5.74, 6) is -0.147. The molecule has 3 unspecified atom stereocenters. The maximum absolute atomic E-state index is 12.4. The van der Waals surface area contributed by atoms with Crippen LogP contribution in [-0.4, -0.2) is 46.1 Å². The molecule has 0 bridgehead atoms. The number of rotatable bonds is 40. The van der Waals surface area contributed by atoms with Crippen molar-refractivity contribution in [3.8, 4) is 0 Å². The summed E-state index contributed by atoms with van der Waals surface area (Å²) in [6, 6.07) is -0.808. The molecule has 0 fully saturated rings. The summed E-state index contributed by atoms with van der Waals surface area (Å²) in [5, 5.41) is 33.6. The Morgan fingerprint density at radius 1 is 0.490 bits per heavy atom. The molecule has 0 saturated heterocycles. The number of aliphatic hydroxyl groups excluding tert-OH is 3. The zero-order chi connectivity index (χ0) is 35.9. The van der Waals surface area contributed by atoms with Crippen LogP contribution in [-0.2, 0) is 4.79 Å².